The second-order valence-electron chi connectivity index (χ2n) is 6.74. The largest absolute Gasteiger partial charge is 0.293 e. The molecule has 0 N–H and O–H groups in total. The van der Waals surface area contributed by atoms with Crippen LogP contribution in [0.15, 0.2) is 52.2 Å². The molecule has 1 saturated heterocycles. The van der Waals surface area contributed by atoms with Gasteiger partial charge < -0.3 is 0 Å². The number of aliphatic imine (C=N–C) groups is 1. The van der Waals surface area contributed by atoms with Gasteiger partial charge in [-0.25, -0.2) is 4.99 Å². The van der Waals surface area contributed by atoms with Gasteiger partial charge in [0.1, 0.15) is 5.71 Å². The number of benzene rings is 1. The Kier molecular flexibility index (Phi) is 5.13. The van der Waals surface area contributed by atoms with E-state index in [9.17, 15) is 4.79 Å². The van der Waals surface area contributed by atoms with Crippen LogP contribution in [0, 0.1) is 0 Å². The van der Waals surface area contributed by atoms with Crippen LogP contribution in [0.5, 0.6) is 0 Å². The van der Waals surface area contributed by atoms with Crippen molar-refractivity contribution in [3.05, 3.63) is 52.8 Å². The molecule has 0 spiro atoms. The molecule has 6 heteroatoms. The second kappa shape index (κ2) is 7.68. The van der Waals surface area contributed by atoms with Crippen LogP contribution >= 0.6 is 15.9 Å². The van der Waals surface area contributed by atoms with Crippen LogP contribution in [0.4, 0.5) is 11.4 Å². The molecule has 0 aliphatic carbocycles. The van der Waals surface area contributed by atoms with Gasteiger partial charge in [0.2, 0.25) is 0 Å². The van der Waals surface area contributed by atoms with Crippen LogP contribution in [0.2, 0.25) is 0 Å². The quantitative estimate of drug-likeness (QED) is 0.760. The van der Waals surface area contributed by atoms with Gasteiger partial charge in [-0.15, -0.1) is 0 Å². The van der Waals surface area contributed by atoms with Gasteiger partial charge in [-0.2, -0.15) is 0 Å². The predicted molar refractivity (Wildman–Crippen MR) is 107 cm³/mol. The molecule has 5 nitrogen and oxygen atoms in total. The van der Waals surface area contributed by atoms with Gasteiger partial charge in [0.25, 0.3) is 5.91 Å². The van der Waals surface area contributed by atoms with E-state index in [-0.39, 0.29) is 5.91 Å². The fourth-order valence-corrected chi connectivity index (χ4v) is 3.92. The van der Waals surface area contributed by atoms with Gasteiger partial charge >= 0.3 is 0 Å². The number of hydrogen-bond donors (Lipinski definition) is 0. The van der Waals surface area contributed by atoms with Crippen molar-refractivity contribution in [2.24, 2.45) is 4.99 Å². The average molecular weight is 413 g/mol. The summed E-state index contributed by atoms with van der Waals surface area (Å²) in [5.41, 5.74) is 3.00. The number of hydrogen-bond acceptors (Lipinski definition) is 4. The molecule has 0 saturated carbocycles. The Morgan fingerprint density at radius 3 is 2.65 bits per heavy atom. The van der Waals surface area contributed by atoms with E-state index in [1.807, 2.05) is 35.2 Å². The molecule has 2 aromatic rings. The van der Waals surface area contributed by atoms with Crippen LogP contribution in [0.25, 0.3) is 0 Å². The van der Waals surface area contributed by atoms with Gasteiger partial charge in [-0.3, -0.25) is 19.6 Å². The number of fused-ring (bicyclic) bond motifs is 1. The fourth-order valence-electron chi connectivity index (χ4n) is 3.56. The Bertz CT molecular complexity index is 829. The number of aromatic nitrogens is 1. The normalized spacial score (nSPS) is 19.7. The van der Waals surface area contributed by atoms with Crippen molar-refractivity contribution < 1.29 is 4.79 Å². The summed E-state index contributed by atoms with van der Waals surface area (Å²) in [6.07, 6.45) is 8.34. The monoisotopic (exact) mass is 412 g/mol. The summed E-state index contributed by atoms with van der Waals surface area (Å²) in [6, 6.07) is 9.65. The minimum absolute atomic E-state index is 0.0359. The topological polar surface area (TPSA) is 48.8 Å². The maximum atomic E-state index is 13.2. The molecule has 0 atom stereocenters. The number of likely N-dealkylation sites (tertiary alicyclic amines) is 1. The lowest BCUT2D eigenvalue weighted by atomic mass is 10.1. The van der Waals surface area contributed by atoms with Crippen LogP contribution in [-0.4, -0.2) is 41.3 Å². The Hall–Kier alpha value is -2.05. The number of nitrogens with zero attached hydrogens (tertiary/aromatic N) is 4. The molecule has 4 rings (SSSR count). The van der Waals surface area contributed by atoms with Gasteiger partial charge in [-0.1, -0.05) is 28.8 Å². The fraction of sp³-hybridized carbons (Fsp3) is 0.350. The van der Waals surface area contributed by atoms with Gasteiger partial charge in [-0.05, 0) is 56.3 Å². The van der Waals surface area contributed by atoms with Crippen LogP contribution in [0.3, 0.4) is 0 Å². The van der Waals surface area contributed by atoms with Crippen LogP contribution < -0.4 is 4.90 Å². The summed E-state index contributed by atoms with van der Waals surface area (Å²) < 4.78 is 0.944. The van der Waals surface area contributed by atoms with E-state index in [2.05, 4.69) is 30.8 Å². The summed E-state index contributed by atoms with van der Waals surface area (Å²) >= 11 is 3.52. The molecule has 26 heavy (non-hydrogen) atoms. The maximum absolute atomic E-state index is 13.2. The molecule has 134 valence electrons. The first-order valence-corrected chi connectivity index (χ1v) is 9.84. The first-order valence-electron chi connectivity index (χ1n) is 9.05. The third-order valence-electron chi connectivity index (χ3n) is 4.88. The van der Waals surface area contributed by atoms with E-state index < -0.39 is 0 Å². The highest BCUT2D eigenvalue weighted by molar-refractivity contribution is 9.10. The first-order chi connectivity index (χ1) is 12.7. The highest BCUT2D eigenvalue weighted by Gasteiger charge is 2.35. The number of anilines is 1. The smallest absolute Gasteiger partial charge is 0.278 e. The molecule has 1 fully saturated rings. The SMILES string of the molecule is O=C1C(=Nc2cccnc2)c2cc(Br)ccc2N1CN1CCCCCC1. The van der Waals surface area contributed by atoms with E-state index in [1.165, 1.54) is 25.7 Å². The van der Waals surface area contributed by atoms with Gasteiger partial charge in [0, 0.05) is 16.2 Å². The molecule has 2 aliphatic heterocycles. The Labute approximate surface area is 161 Å². The van der Waals surface area contributed by atoms with Crippen molar-refractivity contribution in [3.8, 4) is 0 Å². The van der Waals surface area contributed by atoms with Crippen molar-refractivity contribution in [1.82, 2.24) is 9.88 Å². The number of pyridine rings is 1. The standard InChI is InChI=1S/C20H21BrN4O/c21-15-7-8-18-17(12-15)19(23-16-6-5-9-22-13-16)20(26)25(18)14-24-10-3-1-2-4-11-24/h5-9,12-13H,1-4,10-11,14H2. The highest BCUT2D eigenvalue weighted by atomic mass is 79.9. The van der Waals surface area contributed by atoms with Crippen molar-refractivity contribution in [3.63, 3.8) is 0 Å². The van der Waals surface area contributed by atoms with Crippen LogP contribution in [-0.2, 0) is 4.79 Å². The van der Waals surface area contributed by atoms with Crippen molar-refractivity contribution in [2.45, 2.75) is 25.7 Å². The van der Waals surface area contributed by atoms with Crippen molar-refractivity contribution in [2.75, 3.05) is 24.7 Å². The predicted octanol–water partition coefficient (Wildman–Crippen LogP) is 4.15. The second-order valence-corrected chi connectivity index (χ2v) is 7.66. The summed E-state index contributed by atoms with van der Waals surface area (Å²) in [5, 5.41) is 0. The van der Waals surface area contributed by atoms with E-state index >= 15 is 0 Å². The third kappa shape index (κ3) is 3.57. The van der Waals surface area contributed by atoms with E-state index in [1.54, 1.807) is 12.4 Å². The number of carbonyl (C=O) groups excluding carboxylic acids is 1. The Morgan fingerprint density at radius 1 is 1.12 bits per heavy atom. The molecule has 1 aromatic carbocycles. The molecule has 1 aromatic heterocycles. The zero-order chi connectivity index (χ0) is 17.9. The number of rotatable bonds is 3. The molecule has 0 bridgehead atoms. The van der Waals surface area contributed by atoms with Crippen LogP contribution in [0.1, 0.15) is 31.2 Å². The number of halogens is 1. The lowest BCUT2D eigenvalue weighted by molar-refractivity contribution is -0.112. The summed E-state index contributed by atoms with van der Waals surface area (Å²) in [7, 11) is 0. The Morgan fingerprint density at radius 2 is 1.92 bits per heavy atom. The Balaban J connectivity index is 1.68. The average Bonchev–Trinajstić information content (AvgIpc) is 2.84. The summed E-state index contributed by atoms with van der Waals surface area (Å²) in [4.78, 5) is 26.1. The molecule has 3 heterocycles. The minimum atomic E-state index is -0.0359. The summed E-state index contributed by atoms with van der Waals surface area (Å²) in [5.74, 6) is -0.0359. The summed E-state index contributed by atoms with van der Waals surface area (Å²) in [6.45, 7) is 2.72. The molecule has 0 radical (unpaired) electrons. The zero-order valence-corrected chi connectivity index (χ0v) is 16.2. The molecule has 1 amide bonds. The maximum Gasteiger partial charge on any atom is 0.278 e. The molecular formula is C20H21BrN4O. The minimum Gasteiger partial charge on any atom is -0.293 e. The number of carbonyl (C=O) groups is 1. The number of amides is 1. The molecular weight excluding hydrogens is 392 g/mol. The van der Waals surface area contributed by atoms with E-state index in [0.29, 0.717) is 18.1 Å². The lowest BCUT2D eigenvalue weighted by Gasteiger charge is -2.26. The molecule has 2 aliphatic rings. The third-order valence-corrected chi connectivity index (χ3v) is 5.37. The van der Waals surface area contributed by atoms with Crippen molar-refractivity contribution in [1.29, 1.82) is 0 Å². The highest BCUT2D eigenvalue weighted by Crippen LogP contribution is 2.33. The van der Waals surface area contributed by atoms with Gasteiger partial charge in [0.15, 0.2) is 0 Å². The zero-order valence-electron chi connectivity index (χ0n) is 14.6. The molecule has 0 unspecified atom stereocenters. The lowest BCUT2D eigenvalue weighted by Crippen LogP contribution is -2.41. The van der Waals surface area contributed by atoms with E-state index in [0.717, 1.165) is 28.8 Å². The van der Waals surface area contributed by atoms with E-state index in [4.69, 9.17) is 0 Å². The van der Waals surface area contributed by atoms with Gasteiger partial charge in [0.05, 0.1) is 24.2 Å². The first kappa shape index (κ1) is 17.4. The van der Waals surface area contributed by atoms with Crippen molar-refractivity contribution >= 4 is 38.9 Å².